The van der Waals surface area contributed by atoms with Crippen LogP contribution in [0.5, 0.6) is 0 Å². The third kappa shape index (κ3) is 4.05. The van der Waals surface area contributed by atoms with E-state index in [0.717, 1.165) is 43.9 Å². The second-order valence-electron chi connectivity index (χ2n) is 8.34. The average molecular weight is 367 g/mol. The van der Waals surface area contributed by atoms with Crippen LogP contribution in [0, 0.1) is 12.3 Å². The van der Waals surface area contributed by atoms with Crippen molar-refractivity contribution in [1.82, 2.24) is 24.6 Å². The molecule has 1 atom stereocenters. The summed E-state index contributed by atoms with van der Waals surface area (Å²) in [6, 6.07) is 4.00. The summed E-state index contributed by atoms with van der Waals surface area (Å²) in [7, 11) is 1.98. The van der Waals surface area contributed by atoms with Crippen molar-refractivity contribution in [3.8, 4) is 0 Å². The second-order valence-corrected chi connectivity index (χ2v) is 8.34. The highest BCUT2D eigenvalue weighted by molar-refractivity contribution is 5.77. The Morgan fingerprint density at radius 2 is 2.11 bits per heavy atom. The van der Waals surface area contributed by atoms with E-state index in [2.05, 4.69) is 39.1 Å². The maximum Gasteiger partial charge on any atom is 0.222 e. The first kappa shape index (κ1) is 18.2. The molecule has 4 heterocycles. The number of nitrogens with zero attached hydrogens (tertiary/aromatic N) is 5. The SMILES string of the molecule is Cc1nn(C)cc1CN1CCCC2(CCC(=O)N(Cc3cccnc3)C2)C1. The Labute approximate surface area is 161 Å². The van der Waals surface area contributed by atoms with Gasteiger partial charge < -0.3 is 4.90 Å². The van der Waals surface area contributed by atoms with Crippen LogP contribution in [0.2, 0.25) is 0 Å². The molecule has 0 radical (unpaired) electrons. The molecule has 2 aromatic rings. The van der Waals surface area contributed by atoms with Crippen LogP contribution in [-0.4, -0.2) is 50.1 Å². The molecule has 2 fully saturated rings. The molecule has 0 N–H and O–H groups in total. The first-order valence-electron chi connectivity index (χ1n) is 9.91. The van der Waals surface area contributed by atoms with Crippen LogP contribution in [0.15, 0.2) is 30.7 Å². The van der Waals surface area contributed by atoms with Gasteiger partial charge in [-0.1, -0.05) is 6.07 Å². The van der Waals surface area contributed by atoms with Gasteiger partial charge in [-0.25, -0.2) is 0 Å². The third-order valence-electron chi connectivity index (χ3n) is 6.09. The molecule has 0 aromatic carbocycles. The van der Waals surface area contributed by atoms with Crippen molar-refractivity contribution in [3.05, 3.63) is 47.5 Å². The fraction of sp³-hybridized carbons (Fsp3) is 0.571. The number of hydrogen-bond donors (Lipinski definition) is 0. The number of carbonyl (C=O) groups is 1. The summed E-state index contributed by atoms with van der Waals surface area (Å²) in [6.07, 6.45) is 9.88. The van der Waals surface area contributed by atoms with E-state index < -0.39 is 0 Å². The highest BCUT2D eigenvalue weighted by Gasteiger charge is 2.41. The van der Waals surface area contributed by atoms with E-state index in [0.29, 0.717) is 13.0 Å². The molecule has 2 aliphatic heterocycles. The normalized spacial score (nSPS) is 23.9. The van der Waals surface area contributed by atoms with Gasteiger partial charge in [0.25, 0.3) is 0 Å². The molecule has 6 nitrogen and oxygen atoms in total. The molecule has 144 valence electrons. The minimum Gasteiger partial charge on any atom is -0.338 e. The van der Waals surface area contributed by atoms with Crippen molar-refractivity contribution < 1.29 is 4.79 Å². The highest BCUT2D eigenvalue weighted by atomic mass is 16.2. The Balaban J connectivity index is 1.45. The molecular formula is C21H29N5O. The Bertz CT molecular complexity index is 802. The Hall–Kier alpha value is -2.21. The first-order valence-corrected chi connectivity index (χ1v) is 9.91. The molecule has 6 heteroatoms. The fourth-order valence-electron chi connectivity index (χ4n) is 4.78. The van der Waals surface area contributed by atoms with E-state index in [4.69, 9.17) is 0 Å². The molecule has 1 amide bonds. The van der Waals surface area contributed by atoms with Crippen LogP contribution in [0.1, 0.15) is 42.5 Å². The standard InChI is InChI=1S/C21H29N5O/c1-17-19(13-24(2)23-17)14-25-10-4-7-21(15-25)8-6-20(27)26(16-21)12-18-5-3-9-22-11-18/h3,5,9,11,13H,4,6-8,10,12,14-16H2,1-2H3. The van der Waals surface area contributed by atoms with Crippen LogP contribution in [0.25, 0.3) is 0 Å². The van der Waals surface area contributed by atoms with Crippen LogP contribution in [0.3, 0.4) is 0 Å². The van der Waals surface area contributed by atoms with Crippen molar-refractivity contribution >= 4 is 5.91 Å². The number of piperidine rings is 2. The number of aromatic nitrogens is 3. The summed E-state index contributed by atoms with van der Waals surface area (Å²) >= 11 is 0. The molecule has 4 rings (SSSR count). The van der Waals surface area contributed by atoms with Crippen LogP contribution >= 0.6 is 0 Å². The maximum atomic E-state index is 12.5. The topological polar surface area (TPSA) is 54.3 Å². The summed E-state index contributed by atoms with van der Waals surface area (Å²) in [5.74, 6) is 0.282. The van der Waals surface area contributed by atoms with Crippen LogP contribution in [-0.2, 0) is 24.9 Å². The lowest BCUT2D eigenvalue weighted by molar-refractivity contribution is -0.140. The van der Waals surface area contributed by atoms with Crippen molar-refractivity contribution in [2.75, 3.05) is 19.6 Å². The van der Waals surface area contributed by atoms with E-state index in [1.54, 1.807) is 6.20 Å². The number of pyridine rings is 1. The molecule has 1 unspecified atom stereocenters. The van der Waals surface area contributed by atoms with Crippen LogP contribution in [0.4, 0.5) is 0 Å². The Morgan fingerprint density at radius 3 is 2.85 bits per heavy atom. The zero-order chi connectivity index (χ0) is 18.9. The van der Waals surface area contributed by atoms with Crippen molar-refractivity contribution in [3.63, 3.8) is 0 Å². The van der Waals surface area contributed by atoms with Gasteiger partial charge in [0.05, 0.1) is 5.69 Å². The summed E-state index contributed by atoms with van der Waals surface area (Å²) in [6.45, 7) is 6.78. The van der Waals surface area contributed by atoms with Crippen molar-refractivity contribution in [1.29, 1.82) is 0 Å². The molecule has 27 heavy (non-hydrogen) atoms. The largest absolute Gasteiger partial charge is 0.338 e. The second kappa shape index (κ2) is 7.43. The Kier molecular flexibility index (Phi) is 5.00. The van der Waals surface area contributed by atoms with Gasteiger partial charge >= 0.3 is 0 Å². The first-order chi connectivity index (χ1) is 13.0. The highest BCUT2D eigenvalue weighted by Crippen LogP contribution is 2.39. The molecule has 0 bridgehead atoms. The lowest BCUT2D eigenvalue weighted by Crippen LogP contribution is -2.53. The minimum atomic E-state index is 0.227. The van der Waals surface area contributed by atoms with E-state index in [9.17, 15) is 4.79 Å². The predicted octanol–water partition coefficient (Wildman–Crippen LogP) is 2.53. The monoisotopic (exact) mass is 367 g/mol. The van der Waals surface area contributed by atoms with Crippen molar-refractivity contribution in [2.45, 2.75) is 45.7 Å². The predicted molar refractivity (Wildman–Crippen MR) is 104 cm³/mol. The van der Waals surface area contributed by atoms with Gasteiger partial charge in [0.1, 0.15) is 0 Å². The lowest BCUT2D eigenvalue weighted by atomic mass is 9.73. The summed E-state index contributed by atoms with van der Waals surface area (Å²) in [5.41, 5.74) is 3.77. The molecule has 0 aliphatic carbocycles. The van der Waals surface area contributed by atoms with E-state index >= 15 is 0 Å². The van der Waals surface area contributed by atoms with Gasteiger partial charge in [0, 0.05) is 69.2 Å². The molecule has 0 saturated carbocycles. The average Bonchev–Trinajstić information content (AvgIpc) is 2.96. The fourth-order valence-corrected chi connectivity index (χ4v) is 4.78. The van der Waals surface area contributed by atoms with E-state index in [1.807, 2.05) is 24.0 Å². The van der Waals surface area contributed by atoms with E-state index in [-0.39, 0.29) is 11.3 Å². The minimum absolute atomic E-state index is 0.227. The molecule has 2 saturated heterocycles. The summed E-state index contributed by atoms with van der Waals surface area (Å²) < 4.78 is 1.90. The quantitative estimate of drug-likeness (QED) is 0.833. The Morgan fingerprint density at radius 1 is 1.22 bits per heavy atom. The van der Waals surface area contributed by atoms with Gasteiger partial charge in [-0.3, -0.25) is 19.4 Å². The third-order valence-corrected chi connectivity index (χ3v) is 6.09. The smallest absolute Gasteiger partial charge is 0.222 e. The summed E-state index contributed by atoms with van der Waals surface area (Å²) in [4.78, 5) is 21.3. The van der Waals surface area contributed by atoms with E-state index in [1.165, 1.54) is 18.4 Å². The number of aryl methyl sites for hydroxylation is 2. The number of hydrogen-bond acceptors (Lipinski definition) is 4. The number of likely N-dealkylation sites (tertiary alicyclic amines) is 2. The molecular weight excluding hydrogens is 338 g/mol. The van der Waals surface area contributed by atoms with Gasteiger partial charge in [-0.05, 0) is 44.4 Å². The molecule has 2 aliphatic rings. The van der Waals surface area contributed by atoms with Gasteiger partial charge in [-0.15, -0.1) is 0 Å². The van der Waals surface area contributed by atoms with Crippen molar-refractivity contribution in [2.24, 2.45) is 12.5 Å². The maximum absolute atomic E-state index is 12.5. The lowest BCUT2D eigenvalue weighted by Gasteiger charge is -2.48. The number of carbonyl (C=O) groups excluding carboxylic acids is 1. The summed E-state index contributed by atoms with van der Waals surface area (Å²) in [5, 5.41) is 4.48. The molecule has 1 spiro atoms. The number of rotatable bonds is 4. The number of amides is 1. The zero-order valence-corrected chi connectivity index (χ0v) is 16.4. The van der Waals surface area contributed by atoms with Gasteiger partial charge in [-0.2, -0.15) is 5.10 Å². The van der Waals surface area contributed by atoms with Crippen LogP contribution < -0.4 is 0 Å². The zero-order valence-electron chi connectivity index (χ0n) is 16.4. The van der Waals surface area contributed by atoms with Gasteiger partial charge in [0.15, 0.2) is 0 Å². The van der Waals surface area contributed by atoms with Gasteiger partial charge in [0.2, 0.25) is 5.91 Å². The molecule has 2 aromatic heterocycles.